The highest BCUT2D eigenvalue weighted by Crippen LogP contribution is 2.30. The van der Waals surface area contributed by atoms with E-state index in [4.69, 9.17) is 16.3 Å². The highest BCUT2D eigenvalue weighted by Gasteiger charge is 2.13. The predicted molar refractivity (Wildman–Crippen MR) is 87.1 cm³/mol. The summed E-state index contributed by atoms with van der Waals surface area (Å²) in [5, 5.41) is 0.434. The van der Waals surface area contributed by atoms with Gasteiger partial charge in [0.2, 0.25) is 5.28 Å². The number of aromatic nitrogens is 2. The Morgan fingerprint density at radius 2 is 2.05 bits per heavy atom. The lowest BCUT2D eigenvalue weighted by atomic mass is 10.0. The SMILES string of the molecule is CCOC(=O)c1cccc(-c2cccc3c2nc(Cl)n3C)c1. The van der Waals surface area contributed by atoms with E-state index < -0.39 is 0 Å². The number of para-hydroxylation sites is 1. The number of hydrogen-bond acceptors (Lipinski definition) is 3. The largest absolute Gasteiger partial charge is 0.462 e. The Morgan fingerprint density at radius 1 is 1.27 bits per heavy atom. The average Bonchev–Trinajstić information content (AvgIpc) is 2.83. The Balaban J connectivity index is 2.14. The number of imidazole rings is 1. The van der Waals surface area contributed by atoms with E-state index in [0.717, 1.165) is 22.2 Å². The van der Waals surface area contributed by atoms with E-state index in [9.17, 15) is 4.79 Å². The monoisotopic (exact) mass is 314 g/mol. The number of aryl methyl sites for hydroxylation is 1. The summed E-state index contributed by atoms with van der Waals surface area (Å²) in [6.07, 6.45) is 0. The molecule has 2 aromatic carbocycles. The van der Waals surface area contributed by atoms with Crippen LogP contribution in [0.5, 0.6) is 0 Å². The molecule has 22 heavy (non-hydrogen) atoms. The molecule has 0 aliphatic heterocycles. The predicted octanol–water partition coefficient (Wildman–Crippen LogP) is 4.07. The lowest BCUT2D eigenvalue weighted by Crippen LogP contribution is -2.04. The zero-order chi connectivity index (χ0) is 15.7. The number of carbonyl (C=O) groups is 1. The Kier molecular flexibility index (Phi) is 3.86. The molecule has 0 amide bonds. The molecule has 0 saturated heterocycles. The second-order valence-corrected chi connectivity index (χ2v) is 5.25. The normalized spacial score (nSPS) is 10.9. The van der Waals surface area contributed by atoms with Crippen molar-refractivity contribution >= 4 is 28.6 Å². The summed E-state index contributed by atoms with van der Waals surface area (Å²) in [6, 6.07) is 13.2. The van der Waals surface area contributed by atoms with Gasteiger partial charge in [0.15, 0.2) is 0 Å². The van der Waals surface area contributed by atoms with E-state index in [0.29, 0.717) is 17.5 Å². The van der Waals surface area contributed by atoms with Crippen molar-refractivity contribution in [1.29, 1.82) is 0 Å². The molecular formula is C17H15ClN2O2. The van der Waals surface area contributed by atoms with E-state index in [1.54, 1.807) is 13.0 Å². The van der Waals surface area contributed by atoms with Gasteiger partial charge >= 0.3 is 5.97 Å². The van der Waals surface area contributed by atoms with Crippen LogP contribution in [0, 0.1) is 0 Å². The number of nitrogens with zero attached hydrogens (tertiary/aromatic N) is 2. The van der Waals surface area contributed by atoms with Crippen LogP contribution in [-0.2, 0) is 11.8 Å². The summed E-state index contributed by atoms with van der Waals surface area (Å²) < 4.78 is 6.88. The molecule has 0 fully saturated rings. The number of halogens is 1. The van der Waals surface area contributed by atoms with Crippen molar-refractivity contribution in [3.05, 3.63) is 53.3 Å². The van der Waals surface area contributed by atoms with Crippen LogP contribution in [0.4, 0.5) is 0 Å². The van der Waals surface area contributed by atoms with Gasteiger partial charge in [0, 0.05) is 12.6 Å². The maximum atomic E-state index is 11.9. The first-order valence-corrected chi connectivity index (χ1v) is 7.38. The topological polar surface area (TPSA) is 44.1 Å². The molecule has 4 nitrogen and oxygen atoms in total. The van der Waals surface area contributed by atoms with Crippen molar-refractivity contribution in [2.24, 2.45) is 7.05 Å². The maximum absolute atomic E-state index is 11.9. The lowest BCUT2D eigenvalue weighted by Gasteiger charge is -2.06. The molecule has 0 atom stereocenters. The summed E-state index contributed by atoms with van der Waals surface area (Å²) in [6.45, 7) is 2.15. The van der Waals surface area contributed by atoms with Crippen LogP contribution in [0.25, 0.3) is 22.2 Å². The third kappa shape index (κ3) is 2.46. The summed E-state index contributed by atoms with van der Waals surface area (Å²) in [5.41, 5.74) is 4.13. The number of hydrogen-bond donors (Lipinski definition) is 0. The lowest BCUT2D eigenvalue weighted by molar-refractivity contribution is 0.0526. The molecule has 3 aromatic rings. The van der Waals surface area contributed by atoms with Gasteiger partial charge in [0.25, 0.3) is 0 Å². The minimum Gasteiger partial charge on any atom is -0.462 e. The molecule has 0 aliphatic rings. The van der Waals surface area contributed by atoms with Gasteiger partial charge in [-0.25, -0.2) is 9.78 Å². The number of benzene rings is 2. The minimum absolute atomic E-state index is 0.324. The Morgan fingerprint density at radius 3 is 2.82 bits per heavy atom. The molecule has 0 aliphatic carbocycles. The van der Waals surface area contributed by atoms with Gasteiger partial charge in [-0.3, -0.25) is 0 Å². The van der Waals surface area contributed by atoms with Crippen LogP contribution >= 0.6 is 11.6 Å². The smallest absolute Gasteiger partial charge is 0.338 e. The van der Waals surface area contributed by atoms with Gasteiger partial charge in [0.05, 0.1) is 23.2 Å². The molecule has 0 spiro atoms. The van der Waals surface area contributed by atoms with Gasteiger partial charge in [-0.15, -0.1) is 0 Å². The van der Waals surface area contributed by atoms with Crippen LogP contribution in [0.1, 0.15) is 17.3 Å². The zero-order valence-corrected chi connectivity index (χ0v) is 13.1. The first kappa shape index (κ1) is 14.6. The Bertz CT molecular complexity index is 855. The van der Waals surface area contributed by atoms with Crippen LogP contribution in [0.3, 0.4) is 0 Å². The molecule has 1 aromatic heterocycles. The molecule has 0 saturated carbocycles. The molecule has 3 rings (SSSR count). The van der Waals surface area contributed by atoms with Crippen molar-refractivity contribution in [2.45, 2.75) is 6.92 Å². The highest BCUT2D eigenvalue weighted by molar-refractivity contribution is 6.29. The van der Waals surface area contributed by atoms with Crippen molar-refractivity contribution in [3.63, 3.8) is 0 Å². The Labute approximate surface area is 133 Å². The number of carbonyl (C=O) groups excluding carboxylic acids is 1. The fraction of sp³-hybridized carbons (Fsp3) is 0.176. The number of rotatable bonds is 3. The number of esters is 1. The number of fused-ring (bicyclic) bond motifs is 1. The molecule has 1 heterocycles. The van der Waals surface area contributed by atoms with E-state index >= 15 is 0 Å². The molecular weight excluding hydrogens is 300 g/mol. The van der Waals surface area contributed by atoms with E-state index in [2.05, 4.69) is 4.98 Å². The average molecular weight is 315 g/mol. The van der Waals surface area contributed by atoms with Gasteiger partial charge in [-0.05, 0) is 42.3 Å². The van der Waals surface area contributed by atoms with E-state index in [1.165, 1.54) is 0 Å². The first-order chi connectivity index (χ1) is 10.6. The van der Waals surface area contributed by atoms with Crippen molar-refractivity contribution in [3.8, 4) is 11.1 Å². The third-order valence-corrected chi connectivity index (χ3v) is 3.88. The zero-order valence-electron chi connectivity index (χ0n) is 12.3. The quantitative estimate of drug-likeness (QED) is 0.684. The molecule has 0 unspecified atom stereocenters. The fourth-order valence-corrected chi connectivity index (χ4v) is 2.62. The Hall–Kier alpha value is -2.33. The van der Waals surface area contributed by atoms with Gasteiger partial charge in [-0.2, -0.15) is 0 Å². The molecule has 0 bridgehead atoms. The van der Waals surface area contributed by atoms with Crippen LogP contribution < -0.4 is 0 Å². The second kappa shape index (κ2) is 5.81. The summed E-state index contributed by atoms with van der Waals surface area (Å²) in [4.78, 5) is 16.3. The molecule has 112 valence electrons. The van der Waals surface area contributed by atoms with Crippen molar-refractivity contribution in [2.75, 3.05) is 6.61 Å². The summed E-state index contributed by atoms with van der Waals surface area (Å²) in [5.74, 6) is -0.324. The fourth-order valence-electron chi connectivity index (χ4n) is 2.45. The van der Waals surface area contributed by atoms with Gasteiger partial charge in [0.1, 0.15) is 0 Å². The van der Waals surface area contributed by atoms with Gasteiger partial charge in [-0.1, -0.05) is 24.3 Å². The third-order valence-electron chi connectivity index (χ3n) is 3.54. The number of ether oxygens (including phenoxy) is 1. The van der Waals surface area contributed by atoms with Crippen LogP contribution in [-0.4, -0.2) is 22.1 Å². The van der Waals surface area contributed by atoms with Crippen LogP contribution in [0.15, 0.2) is 42.5 Å². The van der Waals surface area contributed by atoms with E-state index in [-0.39, 0.29) is 5.97 Å². The minimum atomic E-state index is -0.324. The summed E-state index contributed by atoms with van der Waals surface area (Å²) in [7, 11) is 1.87. The standard InChI is InChI=1S/C17H15ClN2O2/c1-3-22-16(21)12-7-4-6-11(10-12)13-8-5-9-14-15(13)19-17(18)20(14)2/h4-10H,3H2,1-2H3. The van der Waals surface area contributed by atoms with Crippen molar-refractivity contribution < 1.29 is 9.53 Å². The maximum Gasteiger partial charge on any atom is 0.338 e. The summed E-state index contributed by atoms with van der Waals surface area (Å²) >= 11 is 6.11. The van der Waals surface area contributed by atoms with Crippen molar-refractivity contribution in [1.82, 2.24) is 9.55 Å². The molecule has 5 heteroatoms. The molecule has 0 radical (unpaired) electrons. The highest BCUT2D eigenvalue weighted by atomic mass is 35.5. The molecule has 0 N–H and O–H groups in total. The van der Waals surface area contributed by atoms with Crippen LogP contribution in [0.2, 0.25) is 5.28 Å². The van der Waals surface area contributed by atoms with E-state index in [1.807, 2.05) is 48.0 Å². The first-order valence-electron chi connectivity index (χ1n) is 7.00. The van der Waals surface area contributed by atoms with Gasteiger partial charge < -0.3 is 9.30 Å². The second-order valence-electron chi connectivity index (χ2n) is 4.91.